The van der Waals surface area contributed by atoms with E-state index in [0.717, 1.165) is 0 Å². The van der Waals surface area contributed by atoms with Crippen LogP contribution in [0.25, 0.3) is 10.9 Å². The Bertz CT molecular complexity index is 2000. The van der Waals surface area contributed by atoms with Crippen LogP contribution in [0, 0.1) is 11.6 Å². The molecule has 0 amide bonds. The first-order valence-corrected chi connectivity index (χ1v) is 16.5. The molecule has 0 spiro atoms. The molecular formula is C34H29ClF2N4O4S. The van der Waals surface area contributed by atoms with Gasteiger partial charge in [0.15, 0.2) is 15.4 Å². The SMILES string of the molecule is O=S(=O)(CCNCC1(c2cc3c(Nc4ccc(OCc5cccc(F)c5)c(Cl)c4)ncnc3cc2F)CC=CO1)c1ccccc1. The zero-order valence-electron chi connectivity index (χ0n) is 24.4. The normalized spacial score (nSPS) is 16.0. The van der Waals surface area contributed by atoms with Crippen LogP contribution in [-0.4, -0.2) is 37.2 Å². The molecule has 2 N–H and O–H groups in total. The lowest BCUT2D eigenvalue weighted by Gasteiger charge is -2.30. The quantitative estimate of drug-likeness (QED) is 0.137. The topological polar surface area (TPSA) is 102 Å². The second kappa shape index (κ2) is 13.4. The molecule has 5 aromatic rings. The lowest BCUT2D eigenvalue weighted by Crippen LogP contribution is -2.40. The number of anilines is 2. The van der Waals surface area contributed by atoms with Crippen LogP contribution in [0.15, 0.2) is 108 Å². The third-order valence-electron chi connectivity index (χ3n) is 7.59. The molecule has 8 nitrogen and oxygen atoms in total. The molecule has 1 aliphatic heterocycles. The van der Waals surface area contributed by atoms with Crippen LogP contribution in [0.2, 0.25) is 5.02 Å². The number of aromatic nitrogens is 2. The molecule has 1 aromatic heterocycles. The number of fused-ring (bicyclic) bond motifs is 1. The summed E-state index contributed by atoms with van der Waals surface area (Å²) in [6, 6.07) is 22.5. The predicted molar refractivity (Wildman–Crippen MR) is 173 cm³/mol. The van der Waals surface area contributed by atoms with Crippen molar-refractivity contribution in [3.8, 4) is 5.75 Å². The first-order valence-electron chi connectivity index (χ1n) is 14.4. The van der Waals surface area contributed by atoms with Gasteiger partial charge < -0.3 is 20.1 Å². The number of hydrogen-bond donors (Lipinski definition) is 2. The first-order chi connectivity index (χ1) is 22.2. The number of nitrogens with one attached hydrogen (secondary N) is 2. The van der Waals surface area contributed by atoms with Crippen LogP contribution in [0.1, 0.15) is 17.5 Å². The predicted octanol–water partition coefficient (Wildman–Crippen LogP) is 7.08. The van der Waals surface area contributed by atoms with E-state index in [4.69, 9.17) is 21.1 Å². The zero-order valence-corrected chi connectivity index (χ0v) is 26.0. The summed E-state index contributed by atoms with van der Waals surface area (Å²) in [5.74, 6) is -0.148. The first kappa shape index (κ1) is 31.4. The van der Waals surface area contributed by atoms with Crippen LogP contribution in [0.4, 0.5) is 20.3 Å². The molecule has 12 heteroatoms. The van der Waals surface area contributed by atoms with Crippen molar-refractivity contribution < 1.29 is 26.7 Å². The summed E-state index contributed by atoms with van der Waals surface area (Å²) in [6.45, 7) is 0.456. The standard InChI is InChI=1S/C34H29ClF2N4O4S/c35-29-17-25(10-11-32(29)44-20-23-6-4-7-24(36)16-23)41-33-27-18-28(30(37)19-31(27)39-22-40-33)34(12-5-14-45-34)21-38-13-15-46(42,43)26-8-2-1-3-9-26/h1-11,14,16-19,22,38H,12-13,15,20-21H2,(H,39,40,41). The molecule has 4 aromatic carbocycles. The minimum absolute atomic E-state index is 0.125. The molecule has 46 heavy (non-hydrogen) atoms. The highest BCUT2D eigenvalue weighted by molar-refractivity contribution is 7.91. The van der Waals surface area contributed by atoms with Crippen LogP contribution < -0.4 is 15.4 Å². The second-order valence-electron chi connectivity index (χ2n) is 10.8. The summed E-state index contributed by atoms with van der Waals surface area (Å²) < 4.78 is 66.3. The van der Waals surface area contributed by atoms with Crippen LogP contribution in [0.3, 0.4) is 0 Å². The Hall–Kier alpha value is -4.58. The second-order valence-corrected chi connectivity index (χ2v) is 13.3. The monoisotopic (exact) mass is 662 g/mol. The van der Waals surface area contributed by atoms with Gasteiger partial charge in [0.2, 0.25) is 0 Å². The van der Waals surface area contributed by atoms with E-state index < -0.39 is 21.3 Å². The van der Waals surface area contributed by atoms with Gasteiger partial charge >= 0.3 is 0 Å². The molecule has 0 fully saturated rings. The average molecular weight is 663 g/mol. The molecule has 2 heterocycles. The number of hydrogen-bond acceptors (Lipinski definition) is 8. The maximum atomic E-state index is 15.6. The molecular weight excluding hydrogens is 634 g/mol. The maximum Gasteiger partial charge on any atom is 0.179 e. The summed E-state index contributed by atoms with van der Waals surface area (Å²) in [6.07, 6.45) is 5.02. The highest BCUT2D eigenvalue weighted by Crippen LogP contribution is 2.39. The van der Waals surface area contributed by atoms with Crippen molar-refractivity contribution in [2.45, 2.75) is 23.5 Å². The van der Waals surface area contributed by atoms with E-state index in [1.165, 1.54) is 30.8 Å². The third kappa shape index (κ3) is 6.96. The van der Waals surface area contributed by atoms with Gasteiger partial charge in [-0.15, -0.1) is 0 Å². The average Bonchev–Trinajstić information content (AvgIpc) is 3.53. The zero-order chi connectivity index (χ0) is 32.1. The van der Waals surface area contributed by atoms with Gasteiger partial charge in [0.25, 0.3) is 0 Å². The van der Waals surface area contributed by atoms with Gasteiger partial charge in [-0.2, -0.15) is 0 Å². The summed E-state index contributed by atoms with van der Waals surface area (Å²) >= 11 is 6.50. The van der Waals surface area contributed by atoms with Gasteiger partial charge in [-0.05, 0) is 60.2 Å². The van der Waals surface area contributed by atoms with Crippen molar-refractivity contribution in [2.75, 3.05) is 24.2 Å². The molecule has 0 radical (unpaired) electrons. The minimum Gasteiger partial charge on any atom is -0.489 e. The fraction of sp³-hybridized carbons (Fsp3) is 0.176. The smallest absolute Gasteiger partial charge is 0.179 e. The number of sulfone groups is 1. The Labute approximate surface area is 270 Å². The molecule has 0 saturated heterocycles. The van der Waals surface area contributed by atoms with E-state index in [1.54, 1.807) is 72.8 Å². The van der Waals surface area contributed by atoms with Crippen LogP contribution >= 0.6 is 11.6 Å². The van der Waals surface area contributed by atoms with Gasteiger partial charge in [0.1, 0.15) is 36.1 Å². The van der Waals surface area contributed by atoms with E-state index in [0.29, 0.717) is 45.2 Å². The van der Waals surface area contributed by atoms with Crippen molar-refractivity contribution in [1.82, 2.24) is 15.3 Å². The fourth-order valence-electron chi connectivity index (χ4n) is 5.24. The summed E-state index contributed by atoms with van der Waals surface area (Å²) in [7, 11) is -3.49. The van der Waals surface area contributed by atoms with E-state index in [9.17, 15) is 12.8 Å². The largest absolute Gasteiger partial charge is 0.489 e. The number of nitrogens with zero attached hydrogens (tertiary/aromatic N) is 2. The molecule has 236 valence electrons. The Morgan fingerprint density at radius 2 is 1.83 bits per heavy atom. The Kier molecular flexibility index (Phi) is 9.16. The summed E-state index contributed by atoms with van der Waals surface area (Å²) in [4.78, 5) is 8.90. The Morgan fingerprint density at radius 3 is 2.59 bits per heavy atom. The summed E-state index contributed by atoms with van der Waals surface area (Å²) in [5.41, 5.74) is 0.818. The van der Waals surface area contributed by atoms with Gasteiger partial charge in [-0.1, -0.05) is 41.9 Å². The molecule has 1 unspecified atom stereocenters. The lowest BCUT2D eigenvalue weighted by atomic mass is 9.89. The van der Waals surface area contributed by atoms with E-state index in [-0.39, 0.29) is 41.7 Å². The molecule has 1 aliphatic rings. The van der Waals surface area contributed by atoms with Gasteiger partial charge in [0, 0.05) is 42.2 Å². The minimum atomic E-state index is -3.49. The fourth-order valence-corrected chi connectivity index (χ4v) is 6.69. The van der Waals surface area contributed by atoms with Crippen molar-refractivity contribution in [2.24, 2.45) is 0 Å². The number of ether oxygens (including phenoxy) is 2. The number of rotatable bonds is 12. The van der Waals surface area contributed by atoms with Crippen LogP contribution in [-0.2, 0) is 26.8 Å². The van der Waals surface area contributed by atoms with E-state index in [2.05, 4.69) is 20.6 Å². The lowest BCUT2D eigenvalue weighted by molar-refractivity contribution is 0.0385. The highest BCUT2D eigenvalue weighted by atomic mass is 35.5. The maximum absolute atomic E-state index is 15.6. The van der Waals surface area contributed by atoms with Crippen molar-refractivity contribution in [3.05, 3.63) is 131 Å². The van der Waals surface area contributed by atoms with E-state index in [1.807, 2.05) is 0 Å². The summed E-state index contributed by atoms with van der Waals surface area (Å²) in [5, 5.41) is 7.26. The Balaban J connectivity index is 1.19. The number of halogens is 3. The van der Waals surface area contributed by atoms with Gasteiger partial charge in [-0.3, -0.25) is 0 Å². The molecule has 0 saturated carbocycles. The molecule has 6 rings (SSSR count). The highest BCUT2D eigenvalue weighted by Gasteiger charge is 2.38. The molecule has 0 bridgehead atoms. The third-order valence-corrected chi connectivity index (χ3v) is 9.62. The van der Waals surface area contributed by atoms with Crippen molar-refractivity contribution in [1.29, 1.82) is 0 Å². The van der Waals surface area contributed by atoms with Crippen molar-refractivity contribution >= 4 is 43.8 Å². The number of benzene rings is 4. The Morgan fingerprint density at radius 1 is 0.978 bits per heavy atom. The van der Waals surface area contributed by atoms with Crippen molar-refractivity contribution in [3.63, 3.8) is 0 Å². The van der Waals surface area contributed by atoms with Gasteiger partial charge in [-0.25, -0.2) is 27.2 Å². The van der Waals surface area contributed by atoms with E-state index >= 15 is 4.39 Å². The molecule has 1 atom stereocenters. The van der Waals surface area contributed by atoms with Gasteiger partial charge in [0.05, 0.1) is 27.4 Å². The van der Waals surface area contributed by atoms with Crippen LogP contribution in [0.5, 0.6) is 5.75 Å². The molecule has 0 aliphatic carbocycles.